The molecule has 1 fully saturated rings. The van der Waals surface area contributed by atoms with Gasteiger partial charge in [-0.2, -0.15) is 0 Å². The quantitative estimate of drug-likeness (QED) is 0.221. The minimum absolute atomic E-state index is 0.00542. The fourth-order valence-electron chi connectivity index (χ4n) is 5.79. The summed E-state index contributed by atoms with van der Waals surface area (Å²) in [5.74, 6) is 1.76. The van der Waals surface area contributed by atoms with Gasteiger partial charge in [0.05, 0.1) is 48.7 Å². The Bertz CT molecular complexity index is 1580. The molecular weight excluding hydrogens is 560 g/mol. The number of piperidine rings is 1. The molecule has 1 aromatic heterocycles. The van der Waals surface area contributed by atoms with Crippen molar-refractivity contribution in [2.75, 3.05) is 33.9 Å². The molecule has 2 N–H and O–H groups in total. The molecule has 0 saturated carbocycles. The first-order valence-electron chi connectivity index (χ1n) is 13.5. The van der Waals surface area contributed by atoms with E-state index in [0.717, 1.165) is 43.9 Å². The van der Waals surface area contributed by atoms with Crippen LogP contribution in [0.4, 0.5) is 0 Å². The SMILES string of the molecule is C=N/C(=C\N=C(C)N1CCC2(CC1)Cc1ccc(OC)cc1[C@H]2N)Sc1ccc2ncn(CCOC)c(=O)c2c1Cl. The molecule has 216 valence electrons. The third kappa shape index (κ3) is 5.79. The summed E-state index contributed by atoms with van der Waals surface area (Å²) in [6.45, 7) is 8.27. The van der Waals surface area contributed by atoms with Gasteiger partial charge in [-0.05, 0) is 73.7 Å². The molecule has 9 nitrogen and oxygen atoms in total. The van der Waals surface area contributed by atoms with Gasteiger partial charge in [0.2, 0.25) is 0 Å². The average Bonchev–Trinajstić information content (AvgIpc) is 3.25. The zero-order valence-corrected chi connectivity index (χ0v) is 25.2. The number of aliphatic imine (C=N–C) groups is 2. The second kappa shape index (κ2) is 12.4. The Labute approximate surface area is 249 Å². The lowest BCUT2D eigenvalue weighted by Crippen LogP contribution is -2.45. The van der Waals surface area contributed by atoms with Crippen LogP contribution >= 0.6 is 23.4 Å². The van der Waals surface area contributed by atoms with E-state index < -0.39 is 0 Å². The van der Waals surface area contributed by atoms with Gasteiger partial charge in [-0.3, -0.25) is 14.4 Å². The van der Waals surface area contributed by atoms with Crippen LogP contribution in [-0.2, 0) is 17.7 Å². The molecule has 1 aliphatic carbocycles. The average molecular weight is 595 g/mol. The van der Waals surface area contributed by atoms with Crippen molar-refractivity contribution in [1.82, 2.24) is 14.5 Å². The highest BCUT2D eigenvalue weighted by Crippen LogP contribution is 2.51. The van der Waals surface area contributed by atoms with Crippen LogP contribution in [0.2, 0.25) is 5.02 Å². The number of benzene rings is 2. The maximum absolute atomic E-state index is 13.0. The highest BCUT2D eigenvalue weighted by Gasteiger charge is 2.46. The van der Waals surface area contributed by atoms with E-state index >= 15 is 0 Å². The van der Waals surface area contributed by atoms with Crippen LogP contribution in [0.15, 0.2) is 67.6 Å². The normalized spacial score (nSPS) is 18.7. The number of ether oxygens (including phenoxy) is 2. The van der Waals surface area contributed by atoms with E-state index in [-0.39, 0.29) is 17.0 Å². The maximum Gasteiger partial charge on any atom is 0.262 e. The van der Waals surface area contributed by atoms with Crippen molar-refractivity contribution in [3.05, 3.63) is 74.4 Å². The Kier molecular flexibility index (Phi) is 8.84. The third-order valence-corrected chi connectivity index (χ3v) is 9.78. The Balaban J connectivity index is 1.28. The van der Waals surface area contributed by atoms with Gasteiger partial charge < -0.3 is 20.1 Å². The zero-order chi connectivity index (χ0) is 29.1. The fraction of sp³-hybridized carbons (Fsp3) is 0.400. The number of aromatic nitrogens is 2. The van der Waals surface area contributed by atoms with Gasteiger partial charge in [0, 0.05) is 31.1 Å². The number of rotatable bonds is 8. The lowest BCUT2D eigenvalue weighted by atomic mass is 9.73. The van der Waals surface area contributed by atoms with Gasteiger partial charge in [-0.15, -0.1) is 0 Å². The minimum Gasteiger partial charge on any atom is -0.497 e. The summed E-state index contributed by atoms with van der Waals surface area (Å²) in [4.78, 5) is 29.3. The summed E-state index contributed by atoms with van der Waals surface area (Å²) in [7, 11) is 3.28. The van der Waals surface area contributed by atoms with Gasteiger partial charge in [-0.25, -0.2) is 9.98 Å². The number of nitrogens with two attached hydrogens (primary N) is 1. The van der Waals surface area contributed by atoms with Crippen molar-refractivity contribution in [2.24, 2.45) is 21.1 Å². The first-order chi connectivity index (χ1) is 19.8. The third-order valence-electron chi connectivity index (χ3n) is 8.27. The summed E-state index contributed by atoms with van der Waals surface area (Å²) in [6.07, 6.45) is 6.19. The van der Waals surface area contributed by atoms with Crippen molar-refractivity contribution in [1.29, 1.82) is 0 Å². The number of thioether (sulfide) groups is 1. The lowest BCUT2D eigenvalue weighted by molar-refractivity contribution is 0.127. The Hall–Kier alpha value is -3.18. The minimum atomic E-state index is -0.211. The van der Waals surface area contributed by atoms with E-state index in [1.807, 2.05) is 19.1 Å². The molecule has 2 aromatic carbocycles. The van der Waals surface area contributed by atoms with E-state index in [0.29, 0.717) is 39.0 Å². The van der Waals surface area contributed by atoms with Crippen LogP contribution in [0.25, 0.3) is 10.9 Å². The smallest absolute Gasteiger partial charge is 0.262 e. The predicted molar refractivity (Wildman–Crippen MR) is 166 cm³/mol. The molecule has 0 unspecified atom stereocenters. The van der Waals surface area contributed by atoms with Crippen LogP contribution in [0.1, 0.15) is 36.9 Å². The van der Waals surface area contributed by atoms with Gasteiger partial charge in [0.15, 0.2) is 0 Å². The molecule has 1 saturated heterocycles. The monoisotopic (exact) mass is 594 g/mol. The number of amidine groups is 1. The molecule has 0 bridgehead atoms. The highest BCUT2D eigenvalue weighted by atomic mass is 35.5. The summed E-state index contributed by atoms with van der Waals surface area (Å²) >= 11 is 8.01. The van der Waals surface area contributed by atoms with Gasteiger partial charge in [0.25, 0.3) is 5.56 Å². The number of likely N-dealkylation sites (tertiary alicyclic amines) is 1. The van der Waals surface area contributed by atoms with E-state index in [4.69, 9.17) is 31.8 Å². The standard InChI is InChI=1S/C30H35ClN6O3S/c1-19(36-11-9-30(10-12-36)16-20-5-6-21(40-4)15-22(20)28(30)32)34-17-25(33-2)41-24-8-7-23-26(27(24)31)29(38)37(18-35-23)13-14-39-3/h5-8,15,17-18,28H,2,9-14,16,32H2,1,3-4H3/b25-17+,34-19?/t28-/m1/s1. The second-order valence-electron chi connectivity index (χ2n) is 10.5. The number of fused-ring (bicyclic) bond motifs is 2. The molecule has 0 amide bonds. The van der Waals surface area contributed by atoms with E-state index in [1.54, 1.807) is 26.5 Å². The summed E-state index contributed by atoms with van der Waals surface area (Å²) in [6, 6.07) is 9.89. The van der Waals surface area contributed by atoms with Crippen LogP contribution in [0, 0.1) is 5.41 Å². The Morgan fingerprint density at radius 3 is 2.78 bits per heavy atom. The summed E-state index contributed by atoms with van der Waals surface area (Å²) < 4.78 is 12.0. The molecule has 2 heterocycles. The highest BCUT2D eigenvalue weighted by molar-refractivity contribution is 8.03. The van der Waals surface area contributed by atoms with Gasteiger partial charge in [-0.1, -0.05) is 29.4 Å². The van der Waals surface area contributed by atoms with E-state index in [9.17, 15) is 4.79 Å². The molecule has 1 spiro atoms. The molecule has 3 aromatic rings. The number of nitrogens with zero attached hydrogens (tertiary/aromatic N) is 5. The molecule has 41 heavy (non-hydrogen) atoms. The van der Waals surface area contributed by atoms with E-state index in [2.05, 4.69) is 33.7 Å². The van der Waals surface area contributed by atoms with Gasteiger partial charge >= 0.3 is 0 Å². The number of hydrogen-bond acceptors (Lipinski definition) is 8. The molecule has 5 rings (SSSR count). The Morgan fingerprint density at radius 2 is 2.07 bits per heavy atom. The number of hydrogen-bond donors (Lipinski definition) is 1. The number of methoxy groups -OCH3 is 2. The van der Waals surface area contributed by atoms with Crippen molar-refractivity contribution >= 4 is 46.8 Å². The molecule has 11 heteroatoms. The zero-order valence-electron chi connectivity index (χ0n) is 23.6. The van der Waals surface area contributed by atoms with Crippen LogP contribution in [0.5, 0.6) is 5.75 Å². The fourth-order valence-corrected chi connectivity index (χ4v) is 6.87. The first-order valence-corrected chi connectivity index (χ1v) is 14.7. The molecule has 0 radical (unpaired) electrons. The molecule has 1 aliphatic heterocycles. The molecule has 1 atom stereocenters. The summed E-state index contributed by atoms with van der Waals surface area (Å²) in [5, 5.41) is 1.27. The van der Waals surface area contributed by atoms with Crippen molar-refractivity contribution in [2.45, 2.75) is 43.7 Å². The lowest BCUT2D eigenvalue weighted by Gasteiger charge is -2.42. The largest absolute Gasteiger partial charge is 0.497 e. The predicted octanol–water partition coefficient (Wildman–Crippen LogP) is 5.05. The molecular formula is C30H35ClN6O3S. The Morgan fingerprint density at radius 1 is 1.29 bits per heavy atom. The summed E-state index contributed by atoms with van der Waals surface area (Å²) in [5.41, 5.74) is 9.73. The first kappa shape index (κ1) is 29.3. The van der Waals surface area contributed by atoms with Crippen molar-refractivity contribution in [3.8, 4) is 5.75 Å². The topological polar surface area (TPSA) is 107 Å². The van der Waals surface area contributed by atoms with Crippen LogP contribution < -0.4 is 16.0 Å². The van der Waals surface area contributed by atoms with Crippen LogP contribution in [0.3, 0.4) is 0 Å². The maximum atomic E-state index is 13.0. The number of halogens is 1. The molecule has 2 aliphatic rings. The second-order valence-corrected chi connectivity index (χ2v) is 11.9. The van der Waals surface area contributed by atoms with Crippen molar-refractivity contribution < 1.29 is 9.47 Å². The van der Waals surface area contributed by atoms with Crippen LogP contribution in [-0.4, -0.2) is 60.9 Å². The van der Waals surface area contributed by atoms with Gasteiger partial charge in [0.1, 0.15) is 16.6 Å². The van der Waals surface area contributed by atoms with E-state index in [1.165, 1.54) is 33.8 Å². The van der Waals surface area contributed by atoms with Crippen molar-refractivity contribution in [3.63, 3.8) is 0 Å².